The Morgan fingerprint density at radius 2 is 2.00 bits per heavy atom. The Bertz CT molecular complexity index is 633. The first-order valence-corrected chi connectivity index (χ1v) is 8.65. The van der Waals surface area contributed by atoms with Gasteiger partial charge in [0.25, 0.3) is 0 Å². The average molecular weight is 401 g/mol. The van der Waals surface area contributed by atoms with Crippen LogP contribution >= 0.6 is 27.5 Å². The van der Waals surface area contributed by atoms with Crippen molar-refractivity contribution in [2.75, 3.05) is 13.2 Å². The Hall–Kier alpha value is -0.670. The Morgan fingerprint density at radius 1 is 1.38 bits per heavy atom. The van der Waals surface area contributed by atoms with Crippen LogP contribution < -0.4 is 5.14 Å². The molecule has 21 heavy (non-hydrogen) atoms. The zero-order chi connectivity index (χ0) is 16.2. The summed E-state index contributed by atoms with van der Waals surface area (Å²) in [5.74, 6) is -0.751. The zero-order valence-electron chi connectivity index (χ0n) is 11.4. The number of benzene rings is 1. The number of hydrogen-bond donors (Lipinski definition) is 1. The normalized spacial score (nSPS) is 11.7. The highest BCUT2D eigenvalue weighted by Gasteiger charge is 2.19. The van der Waals surface area contributed by atoms with Crippen LogP contribution in [0.25, 0.3) is 0 Å². The molecule has 1 aromatic carbocycles. The monoisotopic (exact) mass is 399 g/mol. The van der Waals surface area contributed by atoms with Gasteiger partial charge in [-0.15, -0.1) is 0 Å². The van der Waals surface area contributed by atoms with Gasteiger partial charge in [-0.25, -0.2) is 18.4 Å². The fraction of sp³-hybridized carbons (Fsp3) is 0.417. The molecule has 0 aliphatic carbocycles. The molecule has 0 fully saturated rings. The first kappa shape index (κ1) is 18.4. The molecule has 0 spiro atoms. The molecule has 0 radical (unpaired) electrons. The minimum atomic E-state index is -3.96. The van der Waals surface area contributed by atoms with Gasteiger partial charge in [0.1, 0.15) is 6.61 Å². The van der Waals surface area contributed by atoms with Crippen molar-refractivity contribution < 1.29 is 22.7 Å². The summed E-state index contributed by atoms with van der Waals surface area (Å²) >= 11 is 9.03. The average Bonchev–Trinajstić information content (AvgIpc) is 2.35. The zero-order valence-corrected chi connectivity index (χ0v) is 14.6. The number of esters is 1. The van der Waals surface area contributed by atoms with E-state index in [2.05, 4.69) is 15.9 Å². The standard InChI is InChI=1S/C12H15BrClNO5S/c1-7(2)19-3-4-20-12(16)9-5-8(21(15,17)18)6-10(13)11(9)14/h5-7H,3-4H2,1-2H3,(H2,15,17,18). The van der Waals surface area contributed by atoms with Gasteiger partial charge < -0.3 is 9.47 Å². The summed E-state index contributed by atoms with van der Waals surface area (Å²) in [5.41, 5.74) is -0.0837. The fourth-order valence-corrected chi connectivity index (χ4v) is 2.74. The van der Waals surface area contributed by atoms with Gasteiger partial charge in [-0.2, -0.15) is 0 Å². The molecule has 0 bridgehead atoms. The first-order chi connectivity index (χ1) is 9.62. The number of rotatable bonds is 6. The van der Waals surface area contributed by atoms with E-state index in [0.29, 0.717) is 0 Å². The largest absolute Gasteiger partial charge is 0.460 e. The van der Waals surface area contributed by atoms with Gasteiger partial charge in [-0.3, -0.25) is 0 Å². The molecule has 0 saturated heterocycles. The van der Waals surface area contributed by atoms with Crippen molar-refractivity contribution in [1.82, 2.24) is 0 Å². The summed E-state index contributed by atoms with van der Waals surface area (Å²) in [6.07, 6.45) is 0.0205. The number of carbonyl (C=O) groups excluding carboxylic acids is 1. The summed E-state index contributed by atoms with van der Waals surface area (Å²) in [6, 6.07) is 2.30. The molecule has 0 atom stereocenters. The van der Waals surface area contributed by atoms with Gasteiger partial charge in [0.2, 0.25) is 10.0 Å². The van der Waals surface area contributed by atoms with Crippen molar-refractivity contribution in [3.63, 3.8) is 0 Å². The van der Waals surface area contributed by atoms with Crippen molar-refractivity contribution in [2.45, 2.75) is 24.8 Å². The minimum absolute atomic E-state index is 0.0205. The van der Waals surface area contributed by atoms with Crippen LogP contribution in [0.4, 0.5) is 0 Å². The summed E-state index contributed by atoms with van der Waals surface area (Å²) < 4.78 is 33.1. The van der Waals surface area contributed by atoms with Crippen LogP contribution in [0, 0.1) is 0 Å². The maximum Gasteiger partial charge on any atom is 0.339 e. The van der Waals surface area contributed by atoms with Gasteiger partial charge in [-0.05, 0) is 41.9 Å². The third-order valence-corrected chi connectivity index (χ3v) is 4.47. The number of primary sulfonamides is 1. The van der Waals surface area contributed by atoms with Crippen LogP contribution in [0.3, 0.4) is 0 Å². The summed E-state index contributed by atoms with van der Waals surface area (Å²) in [5, 5.41) is 5.09. The van der Waals surface area contributed by atoms with Crippen molar-refractivity contribution in [3.8, 4) is 0 Å². The van der Waals surface area contributed by atoms with Gasteiger partial charge >= 0.3 is 5.97 Å². The molecule has 118 valence electrons. The molecular weight excluding hydrogens is 386 g/mol. The lowest BCUT2D eigenvalue weighted by atomic mass is 10.2. The first-order valence-electron chi connectivity index (χ1n) is 5.93. The van der Waals surface area contributed by atoms with E-state index >= 15 is 0 Å². The molecule has 2 N–H and O–H groups in total. The highest BCUT2D eigenvalue weighted by atomic mass is 79.9. The molecular formula is C12H15BrClNO5S. The minimum Gasteiger partial charge on any atom is -0.460 e. The molecule has 1 aromatic rings. The van der Waals surface area contributed by atoms with E-state index in [1.165, 1.54) is 6.07 Å². The van der Waals surface area contributed by atoms with E-state index in [1.807, 2.05) is 13.8 Å². The third kappa shape index (κ3) is 5.55. The van der Waals surface area contributed by atoms with Crippen molar-refractivity contribution in [2.24, 2.45) is 5.14 Å². The second-order valence-corrected chi connectivity index (χ2v) is 7.16. The Kier molecular flexibility index (Phi) is 6.61. The smallest absolute Gasteiger partial charge is 0.339 e. The maximum atomic E-state index is 11.9. The van der Waals surface area contributed by atoms with E-state index in [-0.39, 0.29) is 39.3 Å². The molecule has 0 aliphatic rings. The lowest BCUT2D eigenvalue weighted by Crippen LogP contribution is -2.16. The molecule has 0 unspecified atom stereocenters. The van der Waals surface area contributed by atoms with E-state index in [9.17, 15) is 13.2 Å². The predicted molar refractivity (Wildman–Crippen MR) is 81.9 cm³/mol. The lowest BCUT2D eigenvalue weighted by Gasteiger charge is -2.10. The van der Waals surface area contributed by atoms with Crippen LogP contribution in [0.5, 0.6) is 0 Å². The SMILES string of the molecule is CC(C)OCCOC(=O)c1cc(S(N)(=O)=O)cc(Br)c1Cl. The number of hydrogen-bond acceptors (Lipinski definition) is 5. The van der Waals surface area contributed by atoms with Crippen LogP contribution in [0.2, 0.25) is 5.02 Å². The predicted octanol–water partition coefficient (Wildman–Crippen LogP) is 2.33. The van der Waals surface area contributed by atoms with Gasteiger partial charge in [-0.1, -0.05) is 11.6 Å². The molecule has 1 rings (SSSR count). The van der Waals surface area contributed by atoms with Crippen molar-refractivity contribution >= 4 is 43.5 Å². The van der Waals surface area contributed by atoms with Crippen LogP contribution in [0.15, 0.2) is 21.5 Å². The molecule has 0 aliphatic heterocycles. The molecule has 9 heteroatoms. The third-order valence-electron chi connectivity index (χ3n) is 2.32. The summed E-state index contributed by atoms with van der Waals surface area (Å²) in [6.45, 7) is 3.97. The van der Waals surface area contributed by atoms with E-state index in [0.717, 1.165) is 6.07 Å². The quantitative estimate of drug-likeness (QED) is 0.584. The Balaban J connectivity index is 2.91. The van der Waals surface area contributed by atoms with Crippen LogP contribution in [-0.2, 0) is 19.5 Å². The molecule has 0 saturated carbocycles. The number of ether oxygens (including phenoxy) is 2. The van der Waals surface area contributed by atoms with Gasteiger partial charge in [0.05, 0.1) is 28.2 Å². The molecule has 0 heterocycles. The lowest BCUT2D eigenvalue weighted by molar-refractivity contribution is 0.0177. The number of halogens is 2. The van der Waals surface area contributed by atoms with E-state index in [1.54, 1.807) is 0 Å². The molecule has 0 amide bonds. The topological polar surface area (TPSA) is 95.7 Å². The Labute approximate surface area is 136 Å². The highest BCUT2D eigenvalue weighted by molar-refractivity contribution is 9.10. The van der Waals surface area contributed by atoms with Crippen LogP contribution in [-0.4, -0.2) is 33.7 Å². The van der Waals surface area contributed by atoms with Crippen molar-refractivity contribution in [1.29, 1.82) is 0 Å². The summed E-state index contributed by atoms with van der Waals surface area (Å²) in [7, 11) is -3.96. The highest BCUT2D eigenvalue weighted by Crippen LogP contribution is 2.30. The van der Waals surface area contributed by atoms with Crippen molar-refractivity contribution in [3.05, 3.63) is 27.2 Å². The molecule has 6 nitrogen and oxygen atoms in total. The molecule has 0 aromatic heterocycles. The number of carbonyl (C=O) groups is 1. The van der Waals surface area contributed by atoms with Gasteiger partial charge in [0.15, 0.2) is 0 Å². The second-order valence-electron chi connectivity index (χ2n) is 4.37. The number of nitrogens with two attached hydrogens (primary N) is 1. The van der Waals surface area contributed by atoms with E-state index in [4.69, 9.17) is 26.2 Å². The van der Waals surface area contributed by atoms with Gasteiger partial charge in [0, 0.05) is 4.47 Å². The maximum absolute atomic E-state index is 11.9. The Morgan fingerprint density at radius 3 is 2.52 bits per heavy atom. The van der Waals surface area contributed by atoms with E-state index < -0.39 is 16.0 Å². The summed E-state index contributed by atoms with van der Waals surface area (Å²) in [4.78, 5) is 11.7. The fourth-order valence-electron chi connectivity index (χ4n) is 1.37. The second kappa shape index (κ2) is 7.55. The van der Waals surface area contributed by atoms with Crippen LogP contribution in [0.1, 0.15) is 24.2 Å². The number of sulfonamides is 1.